The Morgan fingerprint density at radius 1 is 1.67 bits per heavy atom. The molecule has 3 N–H and O–H groups in total. The van der Waals surface area contributed by atoms with E-state index in [9.17, 15) is 4.79 Å². The van der Waals surface area contributed by atoms with E-state index in [1.54, 1.807) is 7.05 Å². The van der Waals surface area contributed by atoms with Crippen LogP contribution in [-0.2, 0) is 4.79 Å². The Labute approximate surface area is 111 Å². The number of carbonyl (C=O) groups excluding carboxylic acids is 1. The van der Waals surface area contributed by atoms with Crippen molar-refractivity contribution < 1.29 is 4.79 Å². The van der Waals surface area contributed by atoms with Gasteiger partial charge in [-0.1, -0.05) is 0 Å². The Balaban J connectivity index is 2.23. The average molecular weight is 270 g/mol. The molecule has 1 aromatic heterocycles. The summed E-state index contributed by atoms with van der Waals surface area (Å²) in [7, 11) is 1.64. The van der Waals surface area contributed by atoms with Crippen LogP contribution in [0.2, 0.25) is 5.28 Å². The SMILES string of the molecule is CNC(=O)C1(C)CCN(c2nc(Cl)ncc2N)C1. The second-order valence-corrected chi connectivity index (χ2v) is 5.07. The van der Waals surface area contributed by atoms with E-state index in [0.29, 0.717) is 18.1 Å². The van der Waals surface area contributed by atoms with Crippen LogP contribution in [0.1, 0.15) is 13.3 Å². The van der Waals surface area contributed by atoms with Crippen molar-refractivity contribution >= 4 is 29.0 Å². The topological polar surface area (TPSA) is 84.1 Å². The number of anilines is 2. The van der Waals surface area contributed by atoms with E-state index in [0.717, 1.165) is 13.0 Å². The molecule has 1 aliphatic heterocycles. The highest BCUT2D eigenvalue weighted by Crippen LogP contribution is 2.34. The molecule has 2 rings (SSSR count). The normalized spacial score (nSPS) is 23.2. The molecule has 0 spiro atoms. The van der Waals surface area contributed by atoms with Crippen molar-refractivity contribution in [3.8, 4) is 0 Å². The number of amides is 1. The van der Waals surface area contributed by atoms with Gasteiger partial charge in [0, 0.05) is 20.1 Å². The Morgan fingerprint density at radius 3 is 3.06 bits per heavy atom. The van der Waals surface area contributed by atoms with Crippen LogP contribution in [0.15, 0.2) is 6.20 Å². The van der Waals surface area contributed by atoms with Gasteiger partial charge in [-0.05, 0) is 24.9 Å². The maximum absolute atomic E-state index is 11.8. The molecule has 1 saturated heterocycles. The predicted molar refractivity (Wildman–Crippen MR) is 70.5 cm³/mol. The van der Waals surface area contributed by atoms with Crippen LogP contribution in [0.3, 0.4) is 0 Å². The molecule has 1 unspecified atom stereocenters. The first-order chi connectivity index (χ1) is 8.46. The molecule has 1 fully saturated rings. The molecule has 0 aliphatic carbocycles. The molecule has 7 heteroatoms. The lowest BCUT2D eigenvalue weighted by Gasteiger charge is -2.23. The fourth-order valence-electron chi connectivity index (χ4n) is 2.24. The molecule has 1 atom stereocenters. The van der Waals surface area contributed by atoms with Crippen LogP contribution in [0.5, 0.6) is 0 Å². The molecular weight excluding hydrogens is 254 g/mol. The molecule has 2 heterocycles. The van der Waals surface area contributed by atoms with Crippen molar-refractivity contribution in [1.82, 2.24) is 15.3 Å². The van der Waals surface area contributed by atoms with E-state index in [-0.39, 0.29) is 11.2 Å². The number of nitrogens with two attached hydrogens (primary N) is 1. The summed E-state index contributed by atoms with van der Waals surface area (Å²) in [5.41, 5.74) is 5.90. The van der Waals surface area contributed by atoms with Crippen molar-refractivity contribution in [3.05, 3.63) is 11.5 Å². The third kappa shape index (κ3) is 2.20. The van der Waals surface area contributed by atoms with Crippen LogP contribution in [0, 0.1) is 5.41 Å². The van der Waals surface area contributed by atoms with Gasteiger partial charge < -0.3 is 16.0 Å². The zero-order valence-electron chi connectivity index (χ0n) is 10.4. The van der Waals surface area contributed by atoms with Gasteiger partial charge >= 0.3 is 0 Å². The summed E-state index contributed by atoms with van der Waals surface area (Å²) >= 11 is 5.77. The first-order valence-corrected chi connectivity index (χ1v) is 6.09. The Kier molecular flexibility index (Phi) is 3.30. The lowest BCUT2D eigenvalue weighted by Crippen LogP contribution is -2.39. The van der Waals surface area contributed by atoms with E-state index >= 15 is 0 Å². The molecule has 1 aromatic rings. The number of hydrogen-bond acceptors (Lipinski definition) is 5. The first-order valence-electron chi connectivity index (χ1n) is 5.71. The average Bonchev–Trinajstić information content (AvgIpc) is 2.75. The number of rotatable bonds is 2. The van der Waals surface area contributed by atoms with Crippen molar-refractivity contribution in [3.63, 3.8) is 0 Å². The van der Waals surface area contributed by atoms with Crippen LogP contribution in [0.25, 0.3) is 0 Å². The molecule has 98 valence electrons. The summed E-state index contributed by atoms with van der Waals surface area (Å²) in [4.78, 5) is 21.8. The lowest BCUT2D eigenvalue weighted by molar-refractivity contribution is -0.128. The quantitative estimate of drug-likeness (QED) is 0.771. The highest BCUT2D eigenvalue weighted by atomic mass is 35.5. The second-order valence-electron chi connectivity index (χ2n) is 4.73. The van der Waals surface area contributed by atoms with Crippen molar-refractivity contribution in [2.45, 2.75) is 13.3 Å². The van der Waals surface area contributed by atoms with Gasteiger partial charge in [-0.25, -0.2) is 4.98 Å². The van der Waals surface area contributed by atoms with Gasteiger partial charge in [-0.3, -0.25) is 4.79 Å². The summed E-state index contributed by atoms with van der Waals surface area (Å²) in [6.07, 6.45) is 2.24. The van der Waals surface area contributed by atoms with E-state index in [4.69, 9.17) is 17.3 Å². The Bertz CT molecular complexity index is 481. The number of hydrogen-bond donors (Lipinski definition) is 2. The molecule has 6 nitrogen and oxygen atoms in total. The lowest BCUT2D eigenvalue weighted by atomic mass is 9.89. The maximum atomic E-state index is 11.8. The van der Waals surface area contributed by atoms with Crippen molar-refractivity contribution in [1.29, 1.82) is 0 Å². The minimum atomic E-state index is -0.418. The van der Waals surface area contributed by atoms with E-state index in [1.807, 2.05) is 11.8 Å². The van der Waals surface area contributed by atoms with Gasteiger partial charge in [-0.15, -0.1) is 0 Å². The fourth-order valence-corrected chi connectivity index (χ4v) is 2.37. The molecule has 1 amide bonds. The van der Waals surface area contributed by atoms with Crippen LogP contribution in [-0.4, -0.2) is 36.0 Å². The van der Waals surface area contributed by atoms with Gasteiger partial charge in [-0.2, -0.15) is 4.98 Å². The molecule has 18 heavy (non-hydrogen) atoms. The summed E-state index contributed by atoms with van der Waals surface area (Å²) in [6.45, 7) is 3.23. The molecule has 0 saturated carbocycles. The minimum absolute atomic E-state index is 0.0312. The van der Waals surface area contributed by atoms with E-state index in [2.05, 4.69) is 15.3 Å². The van der Waals surface area contributed by atoms with Crippen LogP contribution >= 0.6 is 11.6 Å². The monoisotopic (exact) mass is 269 g/mol. The summed E-state index contributed by atoms with van der Waals surface area (Å²) < 4.78 is 0. The highest BCUT2D eigenvalue weighted by molar-refractivity contribution is 6.28. The standard InChI is InChI=1S/C11H16ClN5O/c1-11(9(18)14-2)3-4-17(6-11)8-7(13)5-15-10(12)16-8/h5H,3-4,6,13H2,1-2H3,(H,14,18). The zero-order chi connectivity index (χ0) is 13.3. The van der Waals surface area contributed by atoms with Gasteiger partial charge in [0.2, 0.25) is 11.2 Å². The predicted octanol–water partition coefficient (Wildman–Crippen LogP) is 0.675. The van der Waals surface area contributed by atoms with Gasteiger partial charge in [0.05, 0.1) is 17.3 Å². The molecular formula is C11H16ClN5O. The smallest absolute Gasteiger partial charge is 0.227 e. The number of aromatic nitrogens is 2. The number of carbonyl (C=O) groups is 1. The number of halogens is 1. The number of nitrogen functional groups attached to an aromatic ring is 1. The van der Waals surface area contributed by atoms with Crippen LogP contribution in [0.4, 0.5) is 11.5 Å². The van der Waals surface area contributed by atoms with Crippen molar-refractivity contribution in [2.75, 3.05) is 30.8 Å². The largest absolute Gasteiger partial charge is 0.394 e. The van der Waals surface area contributed by atoms with Gasteiger partial charge in [0.1, 0.15) is 0 Å². The minimum Gasteiger partial charge on any atom is -0.394 e. The number of nitrogens with one attached hydrogen (secondary N) is 1. The molecule has 1 aliphatic rings. The van der Waals surface area contributed by atoms with Crippen molar-refractivity contribution in [2.24, 2.45) is 5.41 Å². The Hall–Kier alpha value is -1.56. The fraction of sp³-hybridized carbons (Fsp3) is 0.545. The summed E-state index contributed by atoms with van der Waals surface area (Å²) in [5.74, 6) is 0.631. The van der Waals surface area contributed by atoms with Crippen LogP contribution < -0.4 is 16.0 Å². The third-order valence-corrected chi connectivity index (χ3v) is 3.50. The summed E-state index contributed by atoms with van der Waals surface area (Å²) in [6, 6.07) is 0. The Morgan fingerprint density at radius 2 is 2.39 bits per heavy atom. The second kappa shape index (κ2) is 4.61. The van der Waals surface area contributed by atoms with E-state index in [1.165, 1.54) is 6.20 Å². The number of nitrogens with zero attached hydrogens (tertiary/aromatic N) is 3. The van der Waals surface area contributed by atoms with Gasteiger partial charge in [0.25, 0.3) is 0 Å². The zero-order valence-corrected chi connectivity index (χ0v) is 11.2. The van der Waals surface area contributed by atoms with Gasteiger partial charge in [0.15, 0.2) is 5.82 Å². The molecule has 0 radical (unpaired) electrons. The first kappa shape index (κ1) is 12.9. The highest BCUT2D eigenvalue weighted by Gasteiger charge is 2.40. The third-order valence-electron chi connectivity index (χ3n) is 3.31. The molecule has 0 aromatic carbocycles. The molecule has 0 bridgehead atoms. The maximum Gasteiger partial charge on any atom is 0.227 e. The van der Waals surface area contributed by atoms with E-state index < -0.39 is 5.41 Å². The summed E-state index contributed by atoms with van der Waals surface area (Å²) in [5, 5.41) is 2.85.